The molecular formula is C11H13N3O2. The van der Waals surface area contributed by atoms with Gasteiger partial charge in [0.1, 0.15) is 0 Å². The third-order valence-corrected chi connectivity index (χ3v) is 2.45. The highest BCUT2D eigenvalue weighted by molar-refractivity contribution is 5.16. The van der Waals surface area contributed by atoms with E-state index in [0.717, 1.165) is 12.0 Å². The summed E-state index contributed by atoms with van der Waals surface area (Å²) < 4.78 is 11.2. The van der Waals surface area contributed by atoms with Gasteiger partial charge in [0.05, 0.1) is 19.3 Å². The molecule has 0 aromatic heterocycles. The fourth-order valence-electron chi connectivity index (χ4n) is 1.64. The fourth-order valence-corrected chi connectivity index (χ4v) is 1.64. The maximum absolute atomic E-state index is 8.25. The molecule has 0 amide bonds. The molecule has 5 heteroatoms. The summed E-state index contributed by atoms with van der Waals surface area (Å²) >= 11 is 0. The summed E-state index contributed by atoms with van der Waals surface area (Å²) in [5.74, 6) is 0. The Morgan fingerprint density at radius 2 is 2.19 bits per heavy atom. The largest absolute Gasteiger partial charge is 0.348 e. The zero-order chi connectivity index (χ0) is 11.2. The molecule has 2 atom stereocenters. The lowest BCUT2D eigenvalue weighted by Gasteiger charge is -2.29. The van der Waals surface area contributed by atoms with E-state index < -0.39 is 0 Å². The second kappa shape index (κ2) is 5.51. The maximum Gasteiger partial charge on any atom is 0.184 e. The second-order valence-corrected chi connectivity index (χ2v) is 3.57. The quantitative estimate of drug-likeness (QED) is 0.445. The van der Waals surface area contributed by atoms with Crippen LogP contribution in [0.4, 0.5) is 0 Å². The van der Waals surface area contributed by atoms with Gasteiger partial charge in [-0.15, -0.1) is 0 Å². The van der Waals surface area contributed by atoms with Crippen molar-refractivity contribution in [3.8, 4) is 0 Å². The van der Waals surface area contributed by atoms with Gasteiger partial charge in [0.25, 0.3) is 0 Å². The maximum atomic E-state index is 8.25. The van der Waals surface area contributed by atoms with Crippen LogP contribution in [0.3, 0.4) is 0 Å². The summed E-state index contributed by atoms with van der Waals surface area (Å²) in [4.78, 5) is 2.73. The molecular weight excluding hydrogens is 206 g/mol. The molecule has 1 fully saturated rings. The van der Waals surface area contributed by atoms with Crippen LogP contribution in [0, 0.1) is 0 Å². The summed E-state index contributed by atoms with van der Waals surface area (Å²) in [6.45, 7) is 0.994. The van der Waals surface area contributed by atoms with E-state index in [1.165, 1.54) is 0 Å². The molecule has 0 radical (unpaired) electrons. The zero-order valence-electron chi connectivity index (χ0n) is 8.82. The van der Waals surface area contributed by atoms with E-state index in [2.05, 4.69) is 10.0 Å². The summed E-state index contributed by atoms with van der Waals surface area (Å²) in [7, 11) is 0. The lowest BCUT2D eigenvalue weighted by Crippen LogP contribution is -2.28. The van der Waals surface area contributed by atoms with E-state index in [1.807, 2.05) is 30.3 Å². The smallest absolute Gasteiger partial charge is 0.184 e. The molecule has 0 N–H and O–H groups in total. The van der Waals surface area contributed by atoms with Crippen molar-refractivity contribution in [3.63, 3.8) is 0 Å². The zero-order valence-corrected chi connectivity index (χ0v) is 8.82. The Hall–Kier alpha value is -1.55. The highest BCUT2D eigenvalue weighted by atomic mass is 16.7. The van der Waals surface area contributed by atoms with E-state index in [4.69, 9.17) is 15.0 Å². The van der Waals surface area contributed by atoms with E-state index in [9.17, 15) is 0 Å². The molecule has 2 rings (SSSR count). The average Bonchev–Trinajstić information content (AvgIpc) is 2.38. The molecule has 1 unspecified atom stereocenters. The van der Waals surface area contributed by atoms with Gasteiger partial charge >= 0.3 is 0 Å². The van der Waals surface area contributed by atoms with Crippen molar-refractivity contribution in [3.05, 3.63) is 46.3 Å². The molecule has 1 aliphatic rings. The van der Waals surface area contributed by atoms with Crippen LogP contribution >= 0.6 is 0 Å². The number of ether oxygens (including phenoxy) is 2. The normalized spacial score (nSPS) is 24.8. The van der Waals surface area contributed by atoms with Crippen molar-refractivity contribution < 1.29 is 9.47 Å². The van der Waals surface area contributed by atoms with Gasteiger partial charge in [-0.3, -0.25) is 0 Å². The van der Waals surface area contributed by atoms with Gasteiger partial charge in [0.15, 0.2) is 6.29 Å². The molecule has 1 heterocycles. The van der Waals surface area contributed by atoms with Gasteiger partial charge in [-0.25, -0.2) is 0 Å². The minimum absolute atomic E-state index is 0.0464. The highest BCUT2D eigenvalue weighted by Gasteiger charge is 2.23. The first-order valence-corrected chi connectivity index (χ1v) is 5.23. The highest BCUT2D eigenvalue weighted by Crippen LogP contribution is 2.25. The van der Waals surface area contributed by atoms with Crippen molar-refractivity contribution >= 4 is 0 Å². The summed E-state index contributed by atoms with van der Waals surface area (Å²) in [5.41, 5.74) is 9.25. The van der Waals surface area contributed by atoms with Crippen molar-refractivity contribution in [1.82, 2.24) is 0 Å². The van der Waals surface area contributed by atoms with Crippen LogP contribution in [-0.2, 0) is 9.47 Å². The average molecular weight is 219 g/mol. The first kappa shape index (κ1) is 11.0. The lowest BCUT2D eigenvalue weighted by molar-refractivity contribution is -0.214. The molecule has 84 valence electrons. The topological polar surface area (TPSA) is 67.2 Å². The molecule has 0 aliphatic carbocycles. The number of hydrogen-bond acceptors (Lipinski definition) is 3. The molecule has 0 saturated carbocycles. The van der Waals surface area contributed by atoms with Gasteiger partial charge in [0, 0.05) is 10.5 Å². The molecule has 16 heavy (non-hydrogen) atoms. The van der Waals surface area contributed by atoms with Gasteiger partial charge in [0.2, 0.25) is 0 Å². The number of nitrogens with zero attached hydrogens (tertiary/aromatic N) is 3. The molecule has 0 bridgehead atoms. The first-order chi connectivity index (χ1) is 7.90. The fraction of sp³-hybridized carbons (Fsp3) is 0.455. The Kier molecular flexibility index (Phi) is 3.77. The minimum Gasteiger partial charge on any atom is -0.348 e. The number of benzene rings is 1. The van der Waals surface area contributed by atoms with Crippen molar-refractivity contribution in [2.45, 2.75) is 18.8 Å². The van der Waals surface area contributed by atoms with Crippen LogP contribution in [0.5, 0.6) is 0 Å². The molecule has 1 aromatic carbocycles. The van der Waals surface area contributed by atoms with E-state index >= 15 is 0 Å². The number of azide groups is 1. The predicted molar refractivity (Wildman–Crippen MR) is 58.6 cm³/mol. The Bertz CT molecular complexity index is 376. The Balaban J connectivity index is 1.99. The SMILES string of the molecule is [N-]=[N+]=NC[C@@H]1CCOC(c2ccccc2)O1. The third-order valence-electron chi connectivity index (χ3n) is 2.45. The Morgan fingerprint density at radius 3 is 2.94 bits per heavy atom. The Labute approximate surface area is 93.6 Å². The van der Waals surface area contributed by atoms with Crippen molar-refractivity contribution in [2.75, 3.05) is 13.2 Å². The van der Waals surface area contributed by atoms with Crippen LogP contribution in [0.25, 0.3) is 10.4 Å². The van der Waals surface area contributed by atoms with Crippen LogP contribution in [0.1, 0.15) is 18.3 Å². The third kappa shape index (κ3) is 2.73. The van der Waals surface area contributed by atoms with Crippen LogP contribution in [0.15, 0.2) is 35.4 Å². The van der Waals surface area contributed by atoms with Crippen LogP contribution in [-0.4, -0.2) is 19.3 Å². The van der Waals surface area contributed by atoms with E-state index in [1.54, 1.807) is 0 Å². The number of hydrogen-bond donors (Lipinski definition) is 0. The molecule has 1 aliphatic heterocycles. The lowest BCUT2D eigenvalue weighted by atomic mass is 10.2. The molecule has 5 nitrogen and oxygen atoms in total. The number of rotatable bonds is 3. The van der Waals surface area contributed by atoms with Gasteiger partial charge in [-0.2, -0.15) is 0 Å². The van der Waals surface area contributed by atoms with Gasteiger partial charge in [-0.05, 0) is 12.0 Å². The summed E-state index contributed by atoms with van der Waals surface area (Å²) in [5, 5.41) is 3.52. The van der Waals surface area contributed by atoms with Crippen LogP contribution in [0.2, 0.25) is 0 Å². The van der Waals surface area contributed by atoms with Gasteiger partial charge in [-0.1, -0.05) is 35.4 Å². The van der Waals surface area contributed by atoms with Crippen molar-refractivity contribution in [2.24, 2.45) is 5.11 Å². The van der Waals surface area contributed by atoms with Gasteiger partial charge < -0.3 is 9.47 Å². The second-order valence-electron chi connectivity index (χ2n) is 3.57. The Morgan fingerprint density at radius 1 is 1.38 bits per heavy atom. The van der Waals surface area contributed by atoms with Crippen LogP contribution < -0.4 is 0 Å². The summed E-state index contributed by atoms with van der Waals surface area (Å²) in [6, 6.07) is 9.75. The minimum atomic E-state index is -0.339. The predicted octanol–water partition coefficient (Wildman–Crippen LogP) is 2.80. The monoisotopic (exact) mass is 219 g/mol. The van der Waals surface area contributed by atoms with Crippen molar-refractivity contribution in [1.29, 1.82) is 0 Å². The standard InChI is InChI=1S/C11H13N3O2/c12-14-13-8-10-6-7-15-11(16-10)9-4-2-1-3-5-9/h1-5,10-11H,6-8H2/t10-,11?/m0/s1. The molecule has 1 aromatic rings. The molecule has 0 spiro atoms. The molecule has 1 saturated heterocycles. The first-order valence-electron chi connectivity index (χ1n) is 5.23. The van der Waals surface area contributed by atoms with E-state index in [0.29, 0.717) is 13.2 Å². The van der Waals surface area contributed by atoms with E-state index in [-0.39, 0.29) is 12.4 Å². The summed E-state index contributed by atoms with van der Waals surface area (Å²) in [6.07, 6.45) is 0.381.